The van der Waals surface area contributed by atoms with Crippen LogP contribution in [0.15, 0.2) is 46.7 Å². The van der Waals surface area contributed by atoms with Crippen LogP contribution in [0.4, 0.5) is 4.79 Å². The summed E-state index contributed by atoms with van der Waals surface area (Å²) >= 11 is 1.45. The van der Waals surface area contributed by atoms with E-state index in [0.717, 1.165) is 9.80 Å². The number of carbonyl (C=O) groups excluding carboxylic acids is 2. The van der Waals surface area contributed by atoms with Crippen LogP contribution in [0.1, 0.15) is 34.1 Å². The van der Waals surface area contributed by atoms with Gasteiger partial charge in [-0.25, -0.2) is 9.59 Å². The van der Waals surface area contributed by atoms with E-state index in [0.29, 0.717) is 0 Å². The summed E-state index contributed by atoms with van der Waals surface area (Å²) in [6.45, 7) is 11.2. The maximum Gasteiger partial charge on any atom is 0.408 e. The van der Waals surface area contributed by atoms with Crippen LogP contribution in [-0.2, 0) is 14.3 Å². The highest BCUT2D eigenvalue weighted by Gasteiger charge is 2.26. The SMILES string of the molecule is C=C(C[C@@H](NC(=O)OC(C)(C)C)C(=O)OCC)Sc1ccccc1. The van der Waals surface area contributed by atoms with Crippen LogP contribution in [0.3, 0.4) is 0 Å². The fourth-order valence-electron chi connectivity index (χ4n) is 1.81. The molecule has 0 fully saturated rings. The van der Waals surface area contributed by atoms with Gasteiger partial charge in [0.25, 0.3) is 0 Å². The molecule has 0 unspecified atom stereocenters. The first-order valence-corrected chi connectivity index (χ1v) is 8.59. The lowest BCUT2D eigenvalue weighted by Crippen LogP contribution is -2.44. The van der Waals surface area contributed by atoms with Gasteiger partial charge >= 0.3 is 12.1 Å². The molecule has 6 heteroatoms. The van der Waals surface area contributed by atoms with Crippen molar-refractivity contribution in [1.82, 2.24) is 5.32 Å². The number of carbonyl (C=O) groups is 2. The predicted octanol–water partition coefficient (Wildman–Crippen LogP) is 4.14. The summed E-state index contributed by atoms with van der Waals surface area (Å²) in [6.07, 6.45) is -0.393. The molecule has 0 aliphatic heterocycles. The topological polar surface area (TPSA) is 64.6 Å². The Kier molecular flexibility index (Phi) is 7.85. The summed E-state index contributed by atoms with van der Waals surface area (Å²) in [6, 6.07) is 8.86. The molecule has 0 aliphatic rings. The summed E-state index contributed by atoms with van der Waals surface area (Å²) in [4.78, 5) is 25.8. The van der Waals surface area contributed by atoms with Crippen molar-refractivity contribution in [1.29, 1.82) is 0 Å². The van der Waals surface area contributed by atoms with Gasteiger partial charge in [-0.1, -0.05) is 36.5 Å². The molecule has 5 nitrogen and oxygen atoms in total. The third-order valence-corrected chi connectivity index (χ3v) is 3.66. The predicted molar refractivity (Wildman–Crippen MR) is 95.8 cm³/mol. The van der Waals surface area contributed by atoms with Gasteiger partial charge in [0, 0.05) is 11.3 Å². The van der Waals surface area contributed by atoms with E-state index in [1.165, 1.54) is 11.8 Å². The summed E-state index contributed by atoms with van der Waals surface area (Å²) in [5.74, 6) is -0.502. The van der Waals surface area contributed by atoms with Crippen molar-refractivity contribution < 1.29 is 19.1 Å². The molecule has 0 spiro atoms. The molecular formula is C18H25NO4S. The van der Waals surface area contributed by atoms with Gasteiger partial charge in [-0.05, 0) is 44.7 Å². The minimum atomic E-state index is -0.830. The Balaban J connectivity index is 2.69. The lowest BCUT2D eigenvalue weighted by atomic mass is 10.2. The standard InChI is InChI=1S/C18H25NO4S/c1-6-22-16(20)15(19-17(21)23-18(3,4)5)12-13(2)24-14-10-8-7-9-11-14/h7-11,15H,2,6,12H2,1,3-5H3,(H,19,21)/t15-/m1/s1. The summed E-state index contributed by atoms with van der Waals surface area (Å²) < 4.78 is 10.2. The summed E-state index contributed by atoms with van der Waals surface area (Å²) in [7, 11) is 0. The molecule has 0 heterocycles. The third kappa shape index (κ3) is 8.06. The lowest BCUT2D eigenvalue weighted by molar-refractivity contribution is -0.145. The van der Waals surface area contributed by atoms with Crippen LogP contribution in [0.5, 0.6) is 0 Å². The largest absolute Gasteiger partial charge is 0.464 e. The molecule has 1 aromatic rings. The zero-order valence-corrected chi connectivity index (χ0v) is 15.4. The third-order valence-electron chi connectivity index (χ3n) is 2.70. The molecule has 1 rings (SSSR count). The smallest absolute Gasteiger partial charge is 0.408 e. The number of benzene rings is 1. The Morgan fingerprint density at radius 3 is 2.42 bits per heavy atom. The van der Waals surface area contributed by atoms with Gasteiger partial charge < -0.3 is 14.8 Å². The number of thioether (sulfide) groups is 1. The number of esters is 1. The van der Waals surface area contributed by atoms with E-state index in [4.69, 9.17) is 9.47 Å². The average molecular weight is 351 g/mol. The molecule has 1 amide bonds. The van der Waals surface area contributed by atoms with E-state index in [9.17, 15) is 9.59 Å². The molecule has 1 N–H and O–H groups in total. The van der Waals surface area contributed by atoms with Crippen LogP contribution in [0, 0.1) is 0 Å². The first kappa shape index (κ1) is 20.1. The molecular weight excluding hydrogens is 326 g/mol. The molecule has 0 radical (unpaired) electrons. The zero-order chi connectivity index (χ0) is 18.2. The Morgan fingerprint density at radius 2 is 1.88 bits per heavy atom. The van der Waals surface area contributed by atoms with Crippen LogP contribution in [0.25, 0.3) is 0 Å². The first-order valence-electron chi connectivity index (χ1n) is 7.78. The number of rotatable bonds is 7. The first-order chi connectivity index (χ1) is 11.2. The highest BCUT2D eigenvalue weighted by Crippen LogP contribution is 2.28. The number of amides is 1. The van der Waals surface area contributed by atoms with E-state index >= 15 is 0 Å². The van der Waals surface area contributed by atoms with Crippen molar-refractivity contribution >= 4 is 23.8 Å². The van der Waals surface area contributed by atoms with E-state index in [1.807, 2.05) is 30.3 Å². The van der Waals surface area contributed by atoms with Gasteiger partial charge in [-0.2, -0.15) is 0 Å². The van der Waals surface area contributed by atoms with Crippen molar-refractivity contribution in [3.8, 4) is 0 Å². The number of hydrogen-bond donors (Lipinski definition) is 1. The van der Waals surface area contributed by atoms with Gasteiger partial charge in [0.2, 0.25) is 0 Å². The molecule has 1 atom stereocenters. The highest BCUT2D eigenvalue weighted by molar-refractivity contribution is 8.03. The minimum Gasteiger partial charge on any atom is -0.464 e. The fraction of sp³-hybridized carbons (Fsp3) is 0.444. The molecule has 0 bridgehead atoms. The second-order valence-electron chi connectivity index (χ2n) is 6.11. The number of alkyl carbamates (subject to hydrolysis) is 1. The summed E-state index contributed by atoms with van der Waals surface area (Å²) in [5.41, 5.74) is -0.640. The van der Waals surface area contributed by atoms with Gasteiger partial charge in [-0.15, -0.1) is 0 Å². The minimum absolute atomic E-state index is 0.240. The monoisotopic (exact) mass is 351 g/mol. The Morgan fingerprint density at radius 1 is 1.25 bits per heavy atom. The van der Waals surface area contributed by atoms with E-state index in [2.05, 4.69) is 11.9 Å². The fourth-order valence-corrected chi connectivity index (χ4v) is 2.69. The summed E-state index contributed by atoms with van der Waals surface area (Å²) in [5, 5.41) is 2.56. The molecule has 1 aromatic carbocycles. The van der Waals surface area contributed by atoms with Crippen LogP contribution in [-0.4, -0.2) is 30.3 Å². The van der Waals surface area contributed by atoms with Crippen molar-refractivity contribution in [2.24, 2.45) is 0 Å². The van der Waals surface area contributed by atoms with Crippen LogP contribution in [0.2, 0.25) is 0 Å². The lowest BCUT2D eigenvalue weighted by Gasteiger charge is -2.23. The second kappa shape index (κ2) is 9.37. The van der Waals surface area contributed by atoms with E-state index < -0.39 is 23.7 Å². The Hall–Kier alpha value is -1.95. The van der Waals surface area contributed by atoms with Crippen molar-refractivity contribution in [3.63, 3.8) is 0 Å². The maximum atomic E-state index is 12.1. The van der Waals surface area contributed by atoms with Crippen LogP contribution >= 0.6 is 11.8 Å². The Bertz CT molecular complexity index is 566. The molecule has 132 valence electrons. The molecule has 0 aliphatic carbocycles. The number of hydrogen-bond acceptors (Lipinski definition) is 5. The highest BCUT2D eigenvalue weighted by atomic mass is 32.2. The molecule has 0 saturated carbocycles. The van der Waals surface area contributed by atoms with Crippen molar-refractivity contribution in [2.45, 2.75) is 50.7 Å². The molecule has 0 saturated heterocycles. The second-order valence-corrected chi connectivity index (χ2v) is 7.36. The normalized spacial score (nSPS) is 12.2. The molecule has 0 aromatic heterocycles. The zero-order valence-electron chi connectivity index (χ0n) is 14.6. The van der Waals surface area contributed by atoms with E-state index in [-0.39, 0.29) is 13.0 Å². The van der Waals surface area contributed by atoms with Gasteiger partial charge in [0.15, 0.2) is 0 Å². The van der Waals surface area contributed by atoms with Crippen molar-refractivity contribution in [3.05, 3.63) is 41.8 Å². The van der Waals surface area contributed by atoms with E-state index in [1.54, 1.807) is 27.7 Å². The average Bonchev–Trinajstić information content (AvgIpc) is 2.45. The van der Waals surface area contributed by atoms with Crippen LogP contribution < -0.4 is 5.32 Å². The molecule has 24 heavy (non-hydrogen) atoms. The van der Waals surface area contributed by atoms with Gasteiger partial charge in [0.1, 0.15) is 11.6 Å². The number of ether oxygens (including phenoxy) is 2. The quantitative estimate of drug-likeness (QED) is 0.591. The maximum absolute atomic E-state index is 12.1. The van der Waals surface area contributed by atoms with Crippen molar-refractivity contribution in [2.75, 3.05) is 6.61 Å². The van der Waals surface area contributed by atoms with Gasteiger partial charge in [-0.3, -0.25) is 0 Å². The number of nitrogens with one attached hydrogen (secondary N) is 1. The Labute approximate surface area is 147 Å². The van der Waals surface area contributed by atoms with Gasteiger partial charge in [0.05, 0.1) is 6.61 Å².